The van der Waals surface area contributed by atoms with Crippen LogP contribution in [-0.2, 0) is 0 Å². The second-order valence-electron chi connectivity index (χ2n) is 2.79. The van der Waals surface area contributed by atoms with Gasteiger partial charge in [0.05, 0.1) is 0 Å². The molecule has 0 fully saturated rings. The van der Waals surface area contributed by atoms with Crippen molar-refractivity contribution in [3.63, 3.8) is 0 Å². The van der Waals surface area contributed by atoms with Crippen LogP contribution in [-0.4, -0.2) is 30.3 Å². The highest BCUT2D eigenvalue weighted by Gasteiger charge is 2.00. The average Bonchev–Trinajstić information content (AvgIpc) is 2.53. The lowest BCUT2D eigenvalue weighted by Gasteiger charge is -2.09. The summed E-state index contributed by atoms with van der Waals surface area (Å²) >= 11 is 1.53. The van der Waals surface area contributed by atoms with Crippen molar-refractivity contribution >= 4 is 16.5 Å². The molecule has 1 rings (SSSR count). The fraction of sp³-hybridized carbons (Fsp3) is 0.714. The van der Waals surface area contributed by atoms with Gasteiger partial charge in [-0.3, -0.25) is 0 Å². The Hall–Kier alpha value is -0.680. The molecule has 0 saturated carbocycles. The number of aromatic nitrogens is 2. The van der Waals surface area contributed by atoms with Gasteiger partial charge in [-0.2, -0.15) is 0 Å². The molecule has 0 saturated heterocycles. The summed E-state index contributed by atoms with van der Waals surface area (Å²) in [5.41, 5.74) is 1.73. The molecule has 0 amide bonds. The van der Waals surface area contributed by atoms with Crippen molar-refractivity contribution in [2.24, 2.45) is 5.92 Å². The minimum absolute atomic E-state index is 0.610. The van der Waals surface area contributed by atoms with Gasteiger partial charge in [0.1, 0.15) is 5.51 Å². The molecule has 0 aliphatic carbocycles. The van der Waals surface area contributed by atoms with Gasteiger partial charge in [0.25, 0.3) is 0 Å². The summed E-state index contributed by atoms with van der Waals surface area (Å²) in [6, 6.07) is 0. The molecule has 1 unspecified atom stereocenters. The molecule has 1 heterocycles. The fourth-order valence-electron chi connectivity index (χ4n) is 0.932. The Bertz CT molecular complexity index is 199. The third-order valence-electron chi connectivity index (χ3n) is 1.51. The van der Waals surface area contributed by atoms with Gasteiger partial charge in [0.2, 0.25) is 5.13 Å². The standard InChI is InChI=1S/C7H14N4S/c1-6(3-8-2)4-9-7-11-10-5-12-7/h5-6,8H,3-4H2,1-2H3,(H,9,11). The lowest BCUT2D eigenvalue weighted by molar-refractivity contribution is 0.569. The number of anilines is 1. The third kappa shape index (κ3) is 3.15. The summed E-state index contributed by atoms with van der Waals surface area (Å²) in [7, 11) is 1.96. The van der Waals surface area contributed by atoms with Crippen LogP contribution in [0.15, 0.2) is 5.51 Å². The van der Waals surface area contributed by atoms with E-state index in [9.17, 15) is 0 Å². The number of nitrogens with one attached hydrogen (secondary N) is 2. The first-order chi connectivity index (χ1) is 5.83. The number of hydrogen-bond acceptors (Lipinski definition) is 5. The first kappa shape index (κ1) is 9.41. The summed E-state index contributed by atoms with van der Waals surface area (Å²) in [6.07, 6.45) is 0. The van der Waals surface area contributed by atoms with E-state index in [2.05, 4.69) is 27.8 Å². The van der Waals surface area contributed by atoms with Crippen molar-refractivity contribution in [3.8, 4) is 0 Å². The maximum absolute atomic E-state index is 3.89. The first-order valence-electron chi connectivity index (χ1n) is 3.97. The van der Waals surface area contributed by atoms with Crippen LogP contribution < -0.4 is 10.6 Å². The molecule has 4 nitrogen and oxygen atoms in total. The first-order valence-corrected chi connectivity index (χ1v) is 4.85. The molecule has 1 atom stereocenters. The van der Waals surface area contributed by atoms with Crippen LogP contribution in [0, 0.1) is 5.92 Å². The normalized spacial score (nSPS) is 12.8. The zero-order valence-corrected chi connectivity index (χ0v) is 8.19. The summed E-state index contributed by atoms with van der Waals surface area (Å²) in [5.74, 6) is 0.610. The van der Waals surface area contributed by atoms with Crippen LogP contribution in [0.1, 0.15) is 6.92 Å². The summed E-state index contributed by atoms with van der Waals surface area (Å²) in [5, 5.41) is 14.9. The molecule has 1 aromatic rings. The predicted octanol–water partition coefficient (Wildman–Crippen LogP) is 0.805. The van der Waals surface area contributed by atoms with Gasteiger partial charge in [-0.1, -0.05) is 18.3 Å². The molecule has 12 heavy (non-hydrogen) atoms. The van der Waals surface area contributed by atoms with Crippen molar-refractivity contribution in [2.75, 3.05) is 25.5 Å². The molecule has 5 heteroatoms. The lowest BCUT2D eigenvalue weighted by atomic mass is 10.2. The Morgan fingerprint density at radius 2 is 2.42 bits per heavy atom. The summed E-state index contributed by atoms with van der Waals surface area (Å²) in [6.45, 7) is 4.15. The van der Waals surface area contributed by atoms with Crippen LogP contribution in [0.2, 0.25) is 0 Å². The van der Waals surface area contributed by atoms with Crippen molar-refractivity contribution in [1.29, 1.82) is 0 Å². The SMILES string of the molecule is CNCC(C)CNc1nncs1. The second kappa shape index (κ2) is 5.05. The van der Waals surface area contributed by atoms with E-state index < -0.39 is 0 Å². The highest BCUT2D eigenvalue weighted by Crippen LogP contribution is 2.08. The van der Waals surface area contributed by atoms with Crippen LogP contribution >= 0.6 is 11.3 Å². The average molecular weight is 186 g/mol. The zero-order chi connectivity index (χ0) is 8.81. The molecular formula is C7H14N4S. The van der Waals surface area contributed by atoms with E-state index in [1.54, 1.807) is 5.51 Å². The van der Waals surface area contributed by atoms with Crippen molar-refractivity contribution in [3.05, 3.63) is 5.51 Å². The Labute approximate surface area is 76.4 Å². The molecule has 0 aliphatic heterocycles. The second-order valence-corrected chi connectivity index (χ2v) is 3.62. The number of nitrogens with zero attached hydrogens (tertiary/aromatic N) is 2. The van der Waals surface area contributed by atoms with Gasteiger partial charge in [0.15, 0.2) is 0 Å². The Morgan fingerprint density at radius 3 is 3.00 bits per heavy atom. The van der Waals surface area contributed by atoms with Crippen molar-refractivity contribution < 1.29 is 0 Å². The van der Waals surface area contributed by atoms with E-state index in [0.29, 0.717) is 5.92 Å². The molecule has 0 radical (unpaired) electrons. The molecule has 68 valence electrons. The van der Waals surface area contributed by atoms with Crippen LogP contribution in [0.25, 0.3) is 0 Å². The van der Waals surface area contributed by atoms with Crippen molar-refractivity contribution in [2.45, 2.75) is 6.92 Å². The maximum atomic E-state index is 3.89. The van der Waals surface area contributed by atoms with Crippen LogP contribution in [0.3, 0.4) is 0 Å². The molecule has 0 bridgehead atoms. The Morgan fingerprint density at radius 1 is 1.58 bits per heavy atom. The minimum atomic E-state index is 0.610. The van der Waals surface area contributed by atoms with Crippen LogP contribution in [0.4, 0.5) is 5.13 Å². The highest BCUT2D eigenvalue weighted by atomic mass is 32.1. The monoisotopic (exact) mass is 186 g/mol. The Balaban J connectivity index is 2.17. The molecule has 1 aromatic heterocycles. The molecule has 0 spiro atoms. The van der Waals surface area contributed by atoms with E-state index in [4.69, 9.17) is 0 Å². The number of hydrogen-bond donors (Lipinski definition) is 2. The highest BCUT2D eigenvalue weighted by molar-refractivity contribution is 7.13. The zero-order valence-electron chi connectivity index (χ0n) is 7.37. The predicted molar refractivity (Wildman–Crippen MR) is 51.5 cm³/mol. The van der Waals surface area contributed by atoms with E-state index in [1.165, 1.54) is 11.3 Å². The van der Waals surface area contributed by atoms with E-state index in [1.807, 2.05) is 7.05 Å². The topological polar surface area (TPSA) is 49.8 Å². The van der Waals surface area contributed by atoms with Gasteiger partial charge in [-0.05, 0) is 19.5 Å². The van der Waals surface area contributed by atoms with E-state index in [-0.39, 0.29) is 0 Å². The smallest absolute Gasteiger partial charge is 0.205 e. The molecule has 0 aromatic carbocycles. The Kier molecular flexibility index (Phi) is 3.96. The van der Waals surface area contributed by atoms with Gasteiger partial charge in [0, 0.05) is 6.54 Å². The quantitative estimate of drug-likeness (QED) is 0.714. The molecule has 2 N–H and O–H groups in total. The van der Waals surface area contributed by atoms with Crippen molar-refractivity contribution in [1.82, 2.24) is 15.5 Å². The third-order valence-corrected chi connectivity index (χ3v) is 2.16. The largest absolute Gasteiger partial charge is 0.360 e. The molecular weight excluding hydrogens is 172 g/mol. The van der Waals surface area contributed by atoms with Crippen LogP contribution in [0.5, 0.6) is 0 Å². The molecule has 0 aliphatic rings. The van der Waals surface area contributed by atoms with Gasteiger partial charge >= 0.3 is 0 Å². The lowest BCUT2D eigenvalue weighted by Crippen LogP contribution is -2.22. The fourth-order valence-corrected chi connectivity index (χ4v) is 1.39. The van der Waals surface area contributed by atoms with E-state index in [0.717, 1.165) is 18.2 Å². The minimum Gasteiger partial charge on any atom is -0.360 e. The number of rotatable bonds is 5. The van der Waals surface area contributed by atoms with Gasteiger partial charge in [-0.15, -0.1) is 10.2 Å². The summed E-state index contributed by atoms with van der Waals surface area (Å²) < 4.78 is 0. The summed E-state index contributed by atoms with van der Waals surface area (Å²) in [4.78, 5) is 0. The van der Waals surface area contributed by atoms with E-state index >= 15 is 0 Å². The van der Waals surface area contributed by atoms with Gasteiger partial charge < -0.3 is 10.6 Å². The van der Waals surface area contributed by atoms with Gasteiger partial charge in [-0.25, -0.2) is 0 Å². The maximum Gasteiger partial charge on any atom is 0.205 e.